The van der Waals surface area contributed by atoms with Gasteiger partial charge in [0.05, 0.1) is 5.56 Å². The maximum atomic E-state index is 13.0. The van der Waals surface area contributed by atoms with Crippen molar-refractivity contribution < 1.29 is 13.2 Å². The zero-order valence-corrected chi connectivity index (χ0v) is 12.9. The SMILES string of the molecule is CNC(C)c1cc(C(F)(F)F)ccc1C(C)c1ccccc1. The molecular weight excluding hydrogens is 287 g/mol. The first-order valence-corrected chi connectivity index (χ1v) is 7.28. The summed E-state index contributed by atoms with van der Waals surface area (Å²) in [6, 6.07) is 13.7. The van der Waals surface area contributed by atoms with Gasteiger partial charge in [-0.15, -0.1) is 0 Å². The highest BCUT2D eigenvalue weighted by Crippen LogP contribution is 2.36. The van der Waals surface area contributed by atoms with E-state index < -0.39 is 11.7 Å². The highest BCUT2D eigenvalue weighted by molar-refractivity contribution is 5.42. The highest BCUT2D eigenvalue weighted by Gasteiger charge is 2.31. The van der Waals surface area contributed by atoms with Crippen molar-refractivity contribution in [2.45, 2.75) is 32.0 Å². The molecule has 0 amide bonds. The molecule has 0 heterocycles. The topological polar surface area (TPSA) is 12.0 Å². The Hall–Kier alpha value is -1.81. The summed E-state index contributed by atoms with van der Waals surface area (Å²) < 4.78 is 38.9. The van der Waals surface area contributed by atoms with Crippen molar-refractivity contribution in [3.63, 3.8) is 0 Å². The number of benzene rings is 2. The molecule has 0 aliphatic rings. The summed E-state index contributed by atoms with van der Waals surface area (Å²) in [5.41, 5.74) is 2.09. The number of alkyl halides is 3. The molecule has 4 heteroatoms. The molecule has 2 rings (SSSR count). The van der Waals surface area contributed by atoms with Gasteiger partial charge in [-0.05, 0) is 42.8 Å². The van der Waals surface area contributed by atoms with E-state index in [0.717, 1.165) is 11.1 Å². The van der Waals surface area contributed by atoms with E-state index in [1.165, 1.54) is 12.1 Å². The van der Waals surface area contributed by atoms with Crippen LogP contribution in [0.1, 0.15) is 48.1 Å². The molecule has 0 aromatic heterocycles. The largest absolute Gasteiger partial charge is 0.416 e. The lowest BCUT2D eigenvalue weighted by molar-refractivity contribution is -0.137. The minimum Gasteiger partial charge on any atom is -0.313 e. The van der Waals surface area contributed by atoms with E-state index in [0.29, 0.717) is 5.56 Å². The molecule has 0 saturated carbocycles. The molecule has 2 unspecified atom stereocenters. The number of halogens is 3. The maximum absolute atomic E-state index is 13.0. The number of nitrogens with one attached hydrogen (secondary N) is 1. The van der Waals surface area contributed by atoms with Gasteiger partial charge in [-0.3, -0.25) is 0 Å². The number of rotatable bonds is 4. The normalized spacial score (nSPS) is 14.6. The minimum absolute atomic E-state index is 0.0364. The van der Waals surface area contributed by atoms with E-state index in [-0.39, 0.29) is 12.0 Å². The Labute approximate surface area is 129 Å². The van der Waals surface area contributed by atoms with Crippen LogP contribution in [0.2, 0.25) is 0 Å². The third kappa shape index (κ3) is 3.50. The van der Waals surface area contributed by atoms with Gasteiger partial charge in [0.15, 0.2) is 0 Å². The molecule has 0 aliphatic heterocycles. The number of hydrogen-bond donors (Lipinski definition) is 1. The lowest BCUT2D eigenvalue weighted by Crippen LogP contribution is -2.17. The van der Waals surface area contributed by atoms with Crippen LogP contribution in [-0.2, 0) is 6.18 Å². The highest BCUT2D eigenvalue weighted by atomic mass is 19.4. The smallest absolute Gasteiger partial charge is 0.313 e. The molecule has 2 aromatic rings. The summed E-state index contributed by atoms with van der Waals surface area (Å²) in [6.45, 7) is 3.89. The molecule has 0 radical (unpaired) electrons. The van der Waals surface area contributed by atoms with E-state index in [4.69, 9.17) is 0 Å². The summed E-state index contributed by atoms with van der Waals surface area (Å²) in [7, 11) is 1.75. The van der Waals surface area contributed by atoms with Crippen LogP contribution in [0, 0.1) is 0 Å². The van der Waals surface area contributed by atoms with Crippen LogP contribution in [-0.4, -0.2) is 7.05 Å². The maximum Gasteiger partial charge on any atom is 0.416 e. The van der Waals surface area contributed by atoms with E-state index in [1.54, 1.807) is 13.1 Å². The van der Waals surface area contributed by atoms with Crippen molar-refractivity contribution in [2.24, 2.45) is 0 Å². The molecule has 118 valence electrons. The van der Waals surface area contributed by atoms with Crippen molar-refractivity contribution in [1.29, 1.82) is 0 Å². The fourth-order valence-electron chi connectivity index (χ4n) is 2.60. The Morgan fingerprint density at radius 1 is 0.909 bits per heavy atom. The van der Waals surface area contributed by atoms with Gasteiger partial charge >= 0.3 is 6.18 Å². The van der Waals surface area contributed by atoms with E-state index >= 15 is 0 Å². The molecule has 2 atom stereocenters. The predicted octanol–water partition coefficient (Wildman–Crippen LogP) is 5.14. The molecule has 1 N–H and O–H groups in total. The van der Waals surface area contributed by atoms with Crippen LogP contribution in [0.15, 0.2) is 48.5 Å². The zero-order chi connectivity index (χ0) is 16.3. The van der Waals surface area contributed by atoms with Crippen LogP contribution in [0.5, 0.6) is 0 Å². The van der Waals surface area contributed by atoms with Gasteiger partial charge in [-0.25, -0.2) is 0 Å². The Balaban J connectivity index is 2.51. The average Bonchev–Trinajstić information content (AvgIpc) is 2.52. The van der Waals surface area contributed by atoms with Crippen LogP contribution >= 0.6 is 0 Å². The Morgan fingerprint density at radius 2 is 1.55 bits per heavy atom. The first kappa shape index (κ1) is 16.6. The van der Waals surface area contributed by atoms with Gasteiger partial charge in [-0.2, -0.15) is 13.2 Å². The summed E-state index contributed by atoms with van der Waals surface area (Å²) in [4.78, 5) is 0. The molecule has 1 nitrogen and oxygen atoms in total. The van der Waals surface area contributed by atoms with E-state index in [1.807, 2.05) is 44.2 Å². The van der Waals surface area contributed by atoms with E-state index in [9.17, 15) is 13.2 Å². The molecule has 0 fully saturated rings. The molecule has 2 aromatic carbocycles. The quantitative estimate of drug-likeness (QED) is 0.825. The van der Waals surface area contributed by atoms with Gasteiger partial charge in [0, 0.05) is 12.0 Å². The van der Waals surface area contributed by atoms with Gasteiger partial charge < -0.3 is 5.32 Å². The van der Waals surface area contributed by atoms with Crippen molar-refractivity contribution >= 4 is 0 Å². The Bertz CT molecular complexity index is 620. The lowest BCUT2D eigenvalue weighted by Gasteiger charge is -2.22. The monoisotopic (exact) mass is 307 g/mol. The van der Waals surface area contributed by atoms with Gasteiger partial charge in [0.1, 0.15) is 0 Å². The second kappa shape index (κ2) is 6.53. The van der Waals surface area contributed by atoms with Crippen LogP contribution in [0.4, 0.5) is 13.2 Å². The molecular formula is C18H20F3N. The average molecular weight is 307 g/mol. The predicted molar refractivity (Wildman–Crippen MR) is 82.9 cm³/mol. The summed E-state index contributed by atoms with van der Waals surface area (Å²) in [5.74, 6) is 0.0364. The molecule has 0 spiro atoms. The third-order valence-electron chi connectivity index (χ3n) is 4.08. The Morgan fingerprint density at radius 3 is 2.09 bits per heavy atom. The summed E-state index contributed by atoms with van der Waals surface area (Å²) in [6.07, 6.45) is -4.32. The van der Waals surface area contributed by atoms with Gasteiger partial charge in [0.2, 0.25) is 0 Å². The summed E-state index contributed by atoms with van der Waals surface area (Å²) in [5, 5.41) is 3.04. The van der Waals surface area contributed by atoms with Gasteiger partial charge in [0.25, 0.3) is 0 Å². The fourth-order valence-corrected chi connectivity index (χ4v) is 2.60. The van der Waals surface area contributed by atoms with Crippen molar-refractivity contribution in [3.05, 3.63) is 70.8 Å². The lowest BCUT2D eigenvalue weighted by atomic mass is 9.86. The number of hydrogen-bond acceptors (Lipinski definition) is 1. The third-order valence-corrected chi connectivity index (χ3v) is 4.08. The summed E-state index contributed by atoms with van der Waals surface area (Å²) >= 11 is 0. The standard InChI is InChI=1S/C18H20F3N/c1-12(14-7-5-4-6-8-14)16-10-9-15(18(19,20)21)11-17(16)13(2)22-3/h4-13,22H,1-3H3. The first-order chi connectivity index (χ1) is 10.3. The second-order valence-corrected chi connectivity index (χ2v) is 5.48. The first-order valence-electron chi connectivity index (χ1n) is 7.28. The van der Waals surface area contributed by atoms with Crippen LogP contribution in [0.25, 0.3) is 0 Å². The minimum atomic E-state index is -4.32. The van der Waals surface area contributed by atoms with Crippen LogP contribution in [0.3, 0.4) is 0 Å². The second-order valence-electron chi connectivity index (χ2n) is 5.48. The van der Waals surface area contributed by atoms with E-state index in [2.05, 4.69) is 5.32 Å². The van der Waals surface area contributed by atoms with Gasteiger partial charge in [-0.1, -0.05) is 43.3 Å². The molecule has 0 aliphatic carbocycles. The van der Waals surface area contributed by atoms with Crippen molar-refractivity contribution in [2.75, 3.05) is 7.05 Å². The molecule has 0 saturated heterocycles. The zero-order valence-electron chi connectivity index (χ0n) is 12.9. The van der Waals surface area contributed by atoms with Crippen molar-refractivity contribution in [1.82, 2.24) is 5.32 Å². The fraction of sp³-hybridized carbons (Fsp3) is 0.333. The Kier molecular flexibility index (Phi) is 4.91. The van der Waals surface area contributed by atoms with Crippen LogP contribution < -0.4 is 5.32 Å². The molecule has 22 heavy (non-hydrogen) atoms. The molecule has 0 bridgehead atoms. The van der Waals surface area contributed by atoms with Crippen molar-refractivity contribution in [3.8, 4) is 0 Å².